The molecule has 0 aliphatic rings. The normalized spacial score (nSPS) is 10.6. The van der Waals surface area contributed by atoms with Crippen molar-refractivity contribution >= 4 is 28.4 Å². The fraction of sp³-hybridized carbons (Fsp3) is 0. The molecule has 0 radical (unpaired) electrons. The van der Waals surface area contributed by atoms with Crippen LogP contribution in [0.2, 0.25) is 0 Å². The molecule has 3 N–H and O–H groups in total. The van der Waals surface area contributed by atoms with Crippen LogP contribution in [0.5, 0.6) is 0 Å². The van der Waals surface area contributed by atoms with E-state index in [9.17, 15) is 0 Å². The maximum absolute atomic E-state index is 5.36. The zero-order chi connectivity index (χ0) is 13.1. The van der Waals surface area contributed by atoms with E-state index in [1.807, 2.05) is 12.1 Å². The lowest BCUT2D eigenvalue weighted by molar-refractivity contribution is 1.19. The van der Waals surface area contributed by atoms with E-state index in [-0.39, 0.29) is 0 Å². The smallest absolute Gasteiger partial charge is 0.140 e. The second kappa shape index (κ2) is 5.30. The summed E-state index contributed by atoms with van der Waals surface area (Å²) < 4.78 is 0. The lowest BCUT2D eigenvalue weighted by Crippen LogP contribution is -2.07. The second-order valence-corrected chi connectivity index (χ2v) is 5.28. The molecule has 0 unspecified atom stereocenters. The number of hydrogen-bond donors (Lipinski definition) is 2. The van der Waals surface area contributed by atoms with Gasteiger partial charge in [0.25, 0.3) is 0 Å². The van der Waals surface area contributed by atoms with Gasteiger partial charge in [0.2, 0.25) is 0 Å². The van der Waals surface area contributed by atoms with E-state index >= 15 is 0 Å². The molecule has 0 bridgehead atoms. The summed E-state index contributed by atoms with van der Waals surface area (Å²) in [5, 5.41) is 2.50. The Morgan fingerprint density at radius 3 is 2.53 bits per heavy atom. The van der Waals surface area contributed by atoms with Gasteiger partial charge in [-0.15, -0.1) is 0 Å². The number of anilines is 1. The van der Waals surface area contributed by atoms with Crippen LogP contribution in [0.25, 0.3) is 10.8 Å². The van der Waals surface area contributed by atoms with Crippen molar-refractivity contribution in [1.29, 1.82) is 0 Å². The average molecular weight is 267 g/mol. The molecule has 1 heterocycles. The van der Waals surface area contributed by atoms with Gasteiger partial charge in [-0.25, -0.2) is 10.8 Å². The Kier molecular flexibility index (Phi) is 3.35. The highest BCUT2D eigenvalue weighted by atomic mass is 32.2. The van der Waals surface area contributed by atoms with Crippen molar-refractivity contribution < 1.29 is 0 Å². The van der Waals surface area contributed by atoms with Crippen molar-refractivity contribution in [3.05, 3.63) is 60.8 Å². The van der Waals surface area contributed by atoms with Crippen LogP contribution in [0.3, 0.4) is 0 Å². The zero-order valence-corrected chi connectivity index (χ0v) is 11.0. The minimum Gasteiger partial charge on any atom is -0.308 e. The second-order valence-electron chi connectivity index (χ2n) is 4.13. The number of nitrogen functional groups attached to an aromatic ring is 1. The van der Waals surface area contributed by atoms with Gasteiger partial charge >= 0.3 is 0 Å². The SMILES string of the molecule is NNc1cc(Sc2ccc3ccccc3c2)ccn1. The lowest BCUT2D eigenvalue weighted by atomic mass is 10.1. The molecule has 0 atom stereocenters. The third-order valence-corrected chi connectivity index (χ3v) is 3.82. The van der Waals surface area contributed by atoms with Crippen molar-refractivity contribution in [2.75, 3.05) is 5.43 Å². The Balaban J connectivity index is 1.92. The summed E-state index contributed by atoms with van der Waals surface area (Å²) >= 11 is 1.70. The van der Waals surface area contributed by atoms with Gasteiger partial charge in [0.15, 0.2) is 0 Å². The summed E-state index contributed by atoms with van der Waals surface area (Å²) in [6.45, 7) is 0. The van der Waals surface area contributed by atoms with Crippen molar-refractivity contribution in [2.24, 2.45) is 5.84 Å². The summed E-state index contributed by atoms with van der Waals surface area (Å²) in [5.74, 6) is 6.04. The molecule has 3 nitrogen and oxygen atoms in total. The molecule has 4 heteroatoms. The molecule has 2 aromatic carbocycles. The molecule has 1 aromatic heterocycles. The van der Waals surface area contributed by atoms with Crippen LogP contribution < -0.4 is 11.3 Å². The third-order valence-electron chi connectivity index (χ3n) is 2.84. The minimum atomic E-state index is 0.672. The van der Waals surface area contributed by atoms with E-state index in [0.717, 1.165) is 4.90 Å². The van der Waals surface area contributed by atoms with Gasteiger partial charge in [-0.05, 0) is 35.0 Å². The zero-order valence-electron chi connectivity index (χ0n) is 10.2. The average Bonchev–Trinajstić information content (AvgIpc) is 2.47. The van der Waals surface area contributed by atoms with Crippen LogP contribution in [0.4, 0.5) is 5.82 Å². The number of fused-ring (bicyclic) bond motifs is 1. The Labute approximate surface area is 115 Å². The summed E-state index contributed by atoms with van der Waals surface area (Å²) in [6, 6.07) is 18.7. The number of nitrogens with two attached hydrogens (primary N) is 1. The Bertz CT molecular complexity index is 712. The first-order valence-electron chi connectivity index (χ1n) is 5.94. The van der Waals surface area contributed by atoms with E-state index in [4.69, 9.17) is 5.84 Å². The lowest BCUT2D eigenvalue weighted by Gasteiger charge is -2.05. The molecular weight excluding hydrogens is 254 g/mol. The molecule has 0 saturated heterocycles. The number of nitrogens with one attached hydrogen (secondary N) is 1. The summed E-state index contributed by atoms with van der Waals surface area (Å²) in [6.07, 6.45) is 1.75. The highest BCUT2D eigenvalue weighted by molar-refractivity contribution is 7.99. The first-order chi connectivity index (χ1) is 9.35. The maximum atomic E-state index is 5.36. The predicted molar refractivity (Wildman–Crippen MR) is 80.1 cm³/mol. The summed E-state index contributed by atoms with van der Waals surface area (Å²) in [5.41, 5.74) is 2.56. The van der Waals surface area contributed by atoms with Gasteiger partial charge in [0, 0.05) is 16.0 Å². The fourth-order valence-corrected chi connectivity index (χ4v) is 2.81. The van der Waals surface area contributed by atoms with Gasteiger partial charge in [-0.3, -0.25) is 0 Å². The van der Waals surface area contributed by atoms with Crippen molar-refractivity contribution in [1.82, 2.24) is 4.98 Å². The molecule has 19 heavy (non-hydrogen) atoms. The number of pyridine rings is 1. The molecule has 0 amide bonds. The van der Waals surface area contributed by atoms with Crippen molar-refractivity contribution in [3.8, 4) is 0 Å². The molecule has 0 fully saturated rings. The van der Waals surface area contributed by atoms with Gasteiger partial charge < -0.3 is 5.43 Å². The van der Waals surface area contributed by atoms with Gasteiger partial charge in [-0.1, -0.05) is 42.1 Å². The maximum Gasteiger partial charge on any atom is 0.140 e. The van der Waals surface area contributed by atoms with E-state index < -0.39 is 0 Å². The Morgan fingerprint density at radius 2 is 1.68 bits per heavy atom. The number of hydrogen-bond acceptors (Lipinski definition) is 4. The van der Waals surface area contributed by atoms with Crippen LogP contribution in [0.1, 0.15) is 0 Å². The first kappa shape index (κ1) is 12.0. The molecule has 94 valence electrons. The minimum absolute atomic E-state index is 0.672. The number of rotatable bonds is 3. The standard InChI is InChI=1S/C15H13N3S/c16-18-15-10-14(7-8-17-15)19-13-6-5-11-3-1-2-4-12(11)9-13/h1-10H,16H2,(H,17,18). The van der Waals surface area contributed by atoms with Crippen LogP contribution in [0.15, 0.2) is 70.6 Å². The number of benzene rings is 2. The predicted octanol–water partition coefficient (Wildman–Crippen LogP) is 3.67. The highest BCUT2D eigenvalue weighted by Crippen LogP contribution is 2.30. The third kappa shape index (κ3) is 2.70. The van der Waals surface area contributed by atoms with Gasteiger partial charge in [-0.2, -0.15) is 0 Å². The highest BCUT2D eigenvalue weighted by Gasteiger charge is 2.00. The number of hydrazine groups is 1. The van der Waals surface area contributed by atoms with E-state index in [1.54, 1.807) is 18.0 Å². The number of aromatic nitrogens is 1. The van der Waals surface area contributed by atoms with E-state index in [2.05, 4.69) is 52.9 Å². The Hall–Kier alpha value is -2.04. The van der Waals surface area contributed by atoms with Gasteiger partial charge in [0.05, 0.1) is 0 Å². The molecule has 0 aliphatic carbocycles. The quantitative estimate of drug-likeness (QED) is 0.561. The van der Waals surface area contributed by atoms with Gasteiger partial charge in [0.1, 0.15) is 5.82 Å². The summed E-state index contributed by atoms with van der Waals surface area (Å²) in [4.78, 5) is 6.41. The molecule has 0 aliphatic heterocycles. The molecule has 3 aromatic rings. The van der Waals surface area contributed by atoms with Crippen LogP contribution in [-0.2, 0) is 0 Å². The van der Waals surface area contributed by atoms with Crippen molar-refractivity contribution in [3.63, 3.8) is 0 Å². The number of nitrogens with zero attached hydrogens (tertiary/aromatic N) is 1. The molecule has 0 spiro atoms. The van der Waals surface area contributed by atoms with Crippen LogP contribution >= 0.6 is 11.8 Å². The van der Waals surface area contributed by atoms with Crippen LogP contribution in [0, 0.1) is 0 Å². The summed E-state index contributed by atoms with van der Waals surface area (Å²) in [7, 11) is 0. The van der Waals surface area contributed by atoms with E-state index in [1.165, 1.54) is 15.7 Å². The molecule has 3 rings (SSSR count). The molecular formula is C15H13N3S. The Morgan fingerprint density at radius 1 is 0.895 bits per heavy atom. The van der Waals surface area contributed by atoms with Crippen LogP contribution in [-0.4, -0.2) is 4.98 Å². The monoisotopic (exact) mass is 267 g/mol. The molecule has 0 saturated carbocycles. The van der Waals surface area contributed by atoms with Crippen molar-refractivity contribution in [2.45, 2.75) is 9.79 Å². The topological polar surface area (TPSA) is 50.9 Å². The first-order valence-corrected chi connectivity index (χ1v) is 6.76. The fourth-order valence-electron chi connectivity index (χ4n) is 1.92. The van der Waals surface area contributed by atoms with E-state index in [0.29, 0.717) is 5.82 Å². The largest absolute Gasteiger partial charge is 0.308 e.